The van der Waals surface area contributed by atoms with Gasteiger partial charge in [0.05, 0.1) is 23.5 Å². The van der Waals surface area contributed by atoms with E-state index in [1.54, 1.807) is 49.4 Å². The van der Waals surface area contributed by atoms with Crippen molar-refractivity contribution in [1.82, 2.24) is 15.1 Å². The molecule has 0 saturated carbocycles. The van der Waals surface area contributed by atoms with Crippen LogP contribution < -0.4 is 10.1 Å². The van der Waals surface area contributed by atoms with Gasteiger partial charge in [-0.15, -0.1) is 13.2 Å². The van der Waals surface area contributed by atoms with Crippen LogP contribution in [0.5, 0.6) is 5.75 Å². The van der Waals surface area contributed by atoms with Crippen LogP contribution in [0.3, 0.4) is 0 Å². The van der Waals surface area contributed by atoms with Crippen LogP contribution in [0.4, 0.5) is 13.2 Å². The smallest absolute Gasteiger partial charge is 0.467 e. The number of nitrogens with zero attached hydrogens (tertiary/aromatic N) is 2. The Kier molecular flexibility index (Phi) is 9.16. The van der Waals surface area contributed by atoms with E-state index in [1.165, 1.54) is 16.8 Å². The summed E-state index contributed by atoms with van der Waals surface area (Å²) in [5.74, 6) is -1.87. The Morgan fingerprint density at radius 2 is 1.61 bits per heavy atom. The number of hydrogen-bond acceptors (Lipinski definition) is 5. The topological polar surface area (TPSA) is 82.4 Å². The molecule has 4 rings (SSSR count). The summed E-state index contributed by atoms with van der Waals surface area (Å²) in [6.07, 6.45) is -4.91. The molecule has 41 heavy (non-hydrogen) atoms. The van der Waals surface area contributed by atoms with Gasteiger partial charge >= 0.3 is 12.3 Å². The van der Waals surface area contributed by atoms with Crippen molar-refractivity contribution in [1.29, 1.82) is 0 Å². The number of ether oxygens (including phenoxy) is 2. The third-order valence-electron chi connectivity index (χ3n) is 5.98. The summed E-state index contributed by atoms with van der Waals surface area (Å²) in [6, 6.07) is 15.5. The van der Waals surface area contributed by atoms with E-state index in [1.807, 2.05) is 0 Å². The number of amides is 1. The van der Waals surface area contributed by atoms with E-state index in [0.717, 1.165) is 19.2 Å². The van der Waals surface area contributed by atoms with Crippen LogP contribution in [0.25, 0.3) is 16.9 Å². The highest BCUT2D eigenvalue weighted by atomic mass is 35.5. The summed E-state index contributed by atoms with van der Waals surface area (Å²) < 4.78 is 47.7. The van der Waals surface area contributed by atoms with Crippen LogP contribution >= 0.6 is 34.8 Å². The minimum absolute atomic E-state index is 0.00351. The number of esters is 1. The Bertz CT molecular complexity index is 1570. The number of hydrogen-bond donors (Lipinski definition) is 1. The van der Waals surface area contributed by atoms with E-state index in [2.05, 4.69) is 15.2 Å². The molecule has 0 unspecified atom stereocenters. The molecule has 4 aromatic rings. The maximum absolute atomic E-state index is 13.5. The Morgan fingerprint density at radius 3 is 2.20 bits per heavy atom. The minimum atomic E-state index is -4.84. The minimum Gasteiger partial charge on any atom is -0.467 e. The molecular weight excluding hydrogens is 606 g/mol. The van der Waals surface area contributed by atoms with Gasteiger partial charge in [0, 0.05) is 27.6 Å². The summed E-state index contributed by atoms with van der Waals surface area (Å²) in [4.78, 5) is 26.1. The molecule has 0 aliphatic carbocycles. The van der Waals surface area contributed by atoms with Crippen LogP contribution in [0, 0.1) is 6.92 Å². The van der Waals surface area contributed by atoms with Crippen molar-refractivity contribution in [3.8, 4) is 22.7 Å². The Balaban J connectivity index is 1.68. The predicted octanol–water partition coefficient (Wildman–Crippen LogP) is 7.22. The summed E-state index contributed by atoms with van der Waals surface area (Å²) in [6.45, 7) is 1.69. The SMILES string of the molecule is COC(=O)[C@H](Cc1ccc(OC(F)(F)F)cc1)NC(=O)c1nn(-c2ccc(Cl)cc2Cl)c(-c2ccc(Cl)cc2)c1C. The van der Waals surface area contributed by atoms with E-state index in [4.69, 9.17) is 39.5 Å². The highest BCUT2D eigenvalue weighted by molar-refractivity contribution is 6.35. The Labute approximate surface area is 247 Å². The second-order valence-electron chi connectivity index (χ2n) is 8.78. The lowest BCUT2D eigenvalue weighted by Gasteiger charge is -2.17. The van der Waals surface area contributed by atoms with Gasteiger partial charge in [0.2, 0.25) is 0 Å². The average Bonchev–Trinajstić information content (AvgIpc) is 3.25. The molecule has 0 radical (unpaired) electrons. The van der Waals surface area contributed by atoms with Crippen LogP contribution in [-0.4, -0.2) is 41.2 Å². The van der Waals surface area contributed by atoms with Crippen molar-refractivity contribution in [2.24, 2.45) is 0 Å². The number of carbonyl (C=O) groups is 2. The molecule has 214 valence electrons. The number of carbonyl (C=O) groups excluding carboxylic acids is 2. The first-order chi connectivity index (χ1) is 19.4. The van der Waals surface area contributed by atoms with Crippen molar-refractivity contribution in [2.45, 2.75) is 25.7 Å². The van der Waals surface area contributed by atoms with E-state index in [-0.39, 0.29) is 17.1 Å². The van der Waals surface area contributed by atoms with Gasteiger partial charge in [0.25, 0.3) is 5.91 Å². The molecule has 13 heteroatoms. The highest BCUT2D eigenvalue weighted by Crippen LogP contribution is 2.33. The monoisotopic (exact) mass is 625 g/mol. The molecular formula is C28H21Cl3F3N3O4. The lowest BCUT2D eigenvalue weighted by atomic mass is 10.0. The normalized spacial score (nSPS) is 12.1. The number of halogens is 6. The van der Waals surface area contributed by atoms with E-state index in [9.17, 15) is 22.8 Å². The summed E-state index contributed by atoms with van der Waals surface area (Å²) in [5.41, 5.74) is 2.62. The maximum Gasteiger partial charge on any atom is 0.573 e. The summed E-state index contributed by atoms with van der Waals surface area (Å²) in [5, 5.41) is 8.36. The Morgan fingerprint density at radius 1 is 0.976 bits per heavy atom. The fourth-order valence-electron chi connectivity index (χ4n) is 4.11. The molecule has 0 aliphatic rings. The molecule has 3 aromatic carbocycles. The first kappa shape index (κ1) is 30.2. The lowest BCUT2D eigenvalue weighted by Crippen LogP contribution is -2.43. The molecule has 1 amide bonds. The predicted molar refractivity (Wildman–Crippen MR) is 149 cm³/mol. The van der Waals surface area contributed by atoms with Crippen molar-refractivity contribution in [3.05, 3.63) is 98.6 Å². The number of benzene rings is 3. The molecule has 1 atom stereocenters. The van der Waals surface area contributed by atoms with Gasteiger partial charge in [-0.05, 0) is 55.0 Å². The van der Waals surface area contributed by atoms with Gasteiger partial charge in [-0.3, -0.25) is 4.79 Å². The third-order valence-corrected chi connectivity index (χ3v) is 6.77. The molecule has 1 aromatic heterocycles. The Hall–Kier alpha value is -3.73. The van der Waals surface area contributed by atoms with Crippen molar-refractivity contribution < 1.29 is 32.2 Å². The van der Waals surface area contributed by atoms with Gasteiger partial charge < -0.3 is 14.8 Å². The van der Waals surface area contributed by atoms with E-state index < -0.39 is 30.0 Å². The van der Waals surface area contributed by atoms with Crippen LogP contribution in [0.1, 0.15) is 21.6 Å². The lowest BCUT2D eigenvalue weighted by molar-refractivity contribution is -0.274. The second kappa shape index (κ2) is 12.4. The van der Waals surface area contributed by atoms with Crippen LogP contribution in [-0.2, 0) is 16.0 Å². The maximum atomic E-state index is 13.5. The quantitative estimate of drug-likeness (QED) is 0.209. The first-order valence-corrected chi connectivity index (χ1v) is 13.0. The highest BCUT2D eigenvalue weighted by Gasteiger charge is 2.31. The molecule has 7 nitrogen and oxygen atoms in total. The van der Waals surface area contributed by atoms with E-state index >= 15 is 0 Å². The number of alkyl halides is 3. The van der Waals surface area contributed by atoms with Crippen molar-refractivity contribution in [2.75, 3.05) is 7.11 Å². The number of aromatic nitrogens is 2. The summed E-state index contributed by atoms with van der Waals surface area (Å²) >= 11 is 18.6. The third kappa shape index (κ3) is 7.32. The van der Waals surface area contributed by atoms with Gasteiger partial charge in [0.1, 0.15) is 11.8 Å². The summed E-state index contributed by atoms with van der Waals surface area (Å²) in [7, 11) is 1.16. The number of methoxy groups -OCH3 is 1. The van der Waals surface area contributed by atoms with Crippen molar-refractivity contribution in [3.63, 3.8) is 0 Å². The van der Waals surface area contributed by atoms with Crippen molar-refractivity contribution >= 4 is 46.7 Å². The second-order valence-corrected chi connectivity index (χ2v) is 10.1. The zero-order chi connectivity index (χ0) is 29.9. The van der Waals surface area contributed by atoms with Gasteiger partial charge in [-0.25, -0.2) is 9.48 Å². The average molecular weight is 627 g/mol. The largest absolute Gasteiger partial charge is 0.573 e. The molecule has 0 fully saturated rings. The molecule has 0 bridgehead atoms. The molecule has 0 aliphatic heterocycles. The number of nitrogens with one attached hydrogen (secondary N) is 1. The molecule has 1 N–H and O–H groups in total. The fraction of sp³-hybridized carbons (Fsp3) is 0.179. The fourth-order valence-corrected chi connectivity index (χ4v) is 4.73. The molecule has 0 saturated heterocycles. The number of rotatable bonds is 8. The first-order valence-electron chi connectivity index (χ1n) is 11.9. The standard InChI is InChI=1S/C28H21Cl3F3N3O4/c1-15-24(26(38)35-22(27(39)40-2)13-16-3-10-20(11-4-16)41-28(32,33)34)36-37(23-12-9-19(30)14-21(23)31)25(15)17-5-7-18(29)8-6-17/h3-12,14,22H,13H2,1-2H3,(H,35,38)/t22-/m0/s1. The molecule has 1 heterocycles. The zero-order valence-corrected chi connectivity index (χ0v) is 23.7. The van der Waals surface area contributed by atoms with Gasteiger partial charge in [0.15, 0.2) is 5.69 Å². The van der Waals surface area contributed by atoms with E-state index in [0.29, 0.717) is 38.1 Å². The zero-order valence-electron chi connectivity index (χ0n) is 21.4. The van der Waals surface area contributed by atoms with Crippen LogP contribution in [0.15, 0.2) is 66.7 Å². The van der Waals surface area contributed by atoms with Gasteiger partial charge in [-0.2, -0.15) is 5.10 Å². The molecule has 0 spiro atoms. The van der Waals surface area contributed by atoms with Crippen LogP contribution in [0.2, 0.25) is 15.1 Å². The van der Waals surface area contributed by atoms with Gasteiger partial charge in [-0.1, -0.05) is 59.1 Å².